The van der Waals surface area contributed by atoms with Crippen molar-refractivity contribution < 1.29 is 9.47 Å². The van der Waals surface area contributed by atoms with Gasteiger partial charge in [0.15, 0.2) is 5.96 Å². The quantitative estimate of drug-likeness (QED) is 0.489. The van der Waals surface area contributed by atoms with Gasteiger partial charge in [-0.3, -0.25) is 9.89 Å². The van der Waals surface area contributed by atoms with E-state index in [1.54, 1.807) is 0 Å². The van der Waals surface area contributed by atoms with Crippen molar-refractivity contribution in [1.29, 1.82) is 0 Å². The SMILES string of the molecule is CCNC(=NCC(C(C)C)N1CCOCC1)NCC1CCCOC1c1ccc(C)cc1. The number of hydrogen-bond donors (Lipinski definition) is 2. The number of ether oxygens (including phenoxy) is 2. The molecule has 0 bridgehead atoms. The number of rotatable bonds is 8. The Morgan fingerprint density at radius 1 is 1.13 bits per heavy atom. The van der Waals surface area contributed by atoms with Gasteiger partial charge in [-0.15, -0.1) is 0 Å². The van der Waals surface area contributed by atoms with Crippen molar-refractivity contribution in [3.63, 3.8) is 0 Å². The average Bonchev–Trinajstić information content (AvgIpc) is 2.79. The maximum absolute atomic E-state index is 6.20. The third-order valence-electron chi connectivity index (χ3n) is 6.45. The number of aryl methyl sites for hydroxylation is 1. The summed E-state index contributed by atoms with van der Waals surface area (Å²) in [6.45, 7) is 15.9. The second-order valence-electron chi connectivity index (χ2n) is 9.16. The minimum absolute atomic E-state index is 0.154. The Kier molecular flexibility index (Phi) is 9.62. The molecule has 2 aliphatic heterocycles. The second kappa shape index (κ2) is 12.4. The van der Waals surface area contributed by atoms with Gasteiger partial charge in [0.2, 0.25) is 0 Å². The summed E-state index contributed by atoms with van der Waals surface area (Å²) >= 11 is 0. The van der Waals surface area contributed by atoms with E-state index in [4.69, 9.17) is 14.5 Å². The van der Waals surface area contributed by atoms with Gasteiger partial charge in [-0.25, -0.2) is 0 Å². The Bertz CT molecular complexity index is 671. The Balaban J connectivity index is 1.61. The van der Waals surface area contributed by atoms with Gasteiger partial charge in [0, 0.05) is 44.7 Å². The van der Waals surface area contributed by atoms with Gasteiger partial charge in [0.25, 0.3) is 0 Å². The molecule has 3 unspecified atom stereocenters. The van der Waals surface area contributed by atoms with Crippen LogP contribution in [0.5, 0.6) is 0 Å². The molecule has 2 saturated heterocycles. The summed E-state index contributed by atoms with van der Waals surface area (Å²) in [6.07, 6.45) is 2.45. The summed E-state index contributed by atoms with van der Waals surface area (Å²) in [6, 6.07) is 9.24. The van der Waals surface area contributed by atoms with E-state index in [9.17, 15) is 0 Å². The van der Waals surface area contributed by atoms with E-state index in [1.807, 2.05) is 0 Å². The van der Waals surface area contributed by atoms with Gasteiger partial charge < -0.3 is 20.1 Å². The number of hydrogen-bond acceptors (Lipinski definition) is 4. The normalized spacial score (nSPS) is 24.2. The van der Waals surface area contributed by atoms with Crippen LogP contribution in [-0.4, -0.2) is 69.4 Å². The van der Waals surface area contributed by atoms with Gasteiger partial charge in [0.05, 0.1) is 25.9 Å². The Labute approximate surface area is 188 Å². The lowest BCUT2D eigenvalue weighted by atomic mass is 9.89. The van der Waals surface area contributed by atoms with Crippen LogP contribution < -0.4 is 10.6 Å². The Hall–Kier alpha value is -1.63. The topological polar surface area (TPSA) is 58.1 Å². The van der Waals surface area contributed by atoms with Crippen molar-refractivity contribution in [3.05, 3.63) is 35.4 Å². The van der Waals surface area contributed by atoms with E-state index in [1.165, 1.54) is 17.5 Å². The molecule has 2 fully saturated rings. The molecule has 0 saturated carbocycles. The zero-order chi connectivity index (χ0) is 22.1. The van der Waals surface area contributed by atoms with Crippen molar-refractivity contribution in [3.8, 4) is 0 Å². The zero-order valence-electron chi connectivity index (χ0n) is 19.9. The molecule has 174 valence electrons. The van der Waals surface area contributed by atoms with E-state index in [2.05, 4.69) is 67.5 Å². The minimum atomic E-state index is 0.154. The third-order valence-corrected chi connectivity index (χ3v) is 6.45. The number of morpholine rings is 1. The standard InChI is InChI=1S/C25H42N4O2/c1-5-26-25(28-18-23(19(2)3)29-12-15-30-16-13-29)27-17-22-7-6-14-31-24(22)21-10-8-20(4)9-11-21/h8-11,19,22-24H,5-7,12-18H2,1-4H3,(H2,26,27,28). The number of aliphatic imine (C=N–C) groups is 1. The lowest BCUT2D eigenvalue weighted by Gasteiger charge is -2.36. The van der Waals surface area contributed by atoms with Crippen LogP contribution in [0, 0.1) is 18.8 Å². The molecule has 2 N–H and O–H groups in total. The smallest absolute Gasteiger partial charge is 0.191 e. The van der Waals surface area contributed by atoms with Crippen molar-refractivity contribution >= 4 is 5.96 Å². The molecule has 6 nitrogen and oxygen atoms in total. The van der Waals surface area contributed by atoms with E-state index in [0.29, 0.717) is 17.9 Å². The maximum Gasteiger partial charge on any atom is 0.191 e. The molecule has 31 heavy (non-hydrogen) atoms. The van der Waals surface area contributed by atoms with Crippen LogP contribution in [-0.2, 0) is 9.47 Å². The lowest BCUT2D eigenvalue weighted by Crippen LogP contribution is -2.48. The highest BCUT2D eigenvalue weighted by Gasteiger charge is 2.28. The van der Waals surface area contributed by atoms with Gasteiger partial charge in [-0.05, 0) is 38.2 Å². The maximum atomic E-state index is 6.20. The summed E-state index contributed by atoms with van der Waals surface area (Å²) in [5, 5.41) is 7.05. The second-order valence-corrected chi connectivity index (χ2v) is 9.16. The number of nitrogens with zero attached hydrogens (tertiary/aromatic N) is 2. The monoisotopic (exact) mass is 430 g/mol. The third kappa shape index (κ3) is 7.19. The van der Waals surface area contributed by atoms with Gasteiger partial charge in [-0.1, -0.05) is 43.7 Å². The van der Waals surface area contributed by atoms with E-state index in [-0.39, 0.29) is 6.10 Å². The van der Waals surface area contributed by atoms with Crippen LogP contribution in [0.3, 0.4) is 0 Å². The summed E-state index contributed by atoms with van der Waals surface area (Å²) < 4.78 is 11.7. The molecule has 1 aromatic carbocycles. The fourth-order valence-corrected chi connectivity index (χ4v) is 4.59. The van der Waals surface area contributed by atoms with Crippen molar-refractivity contribution in [1.82, 2.24) is 15.5 Å². The zero-order valence-corrected chi connectivity index (χ0v) is 19.9. The first-order valence-corrected chi connectivity index (χ1v) is 12.1. The van der Waals surface area contributed by atoms with E-state index in [0.717, 1.165) is 64.9 Å². The summed E-state index contributed by atoms with van der Waals surface area (Å²) in [7, 11) is 0. The number of guanidine groups is 1. The first-order chi connectivity index (χ1) is 15.1. The van der Waals surface area contributed by atoms with Crippen molar-refractivity contribution in [2.75, 3.05) is 52.5 Å². The largest absolute Gasteiger partial charge is 0.379 e. The van der Waals surface area contributed by atoms with Crippen LogP contribution in [0.2, 0.25) is 0 Å². The molecule has 2 heterocycles. The number of nitrogens with one attached hydrogen (secondary N) is 2. The molecular weight excluding hydrogens is 388 g/mol. The van der Waals surface area contributed by atoms with Crippen LogP contribution in [0.1, 0.15) is 50.8 Å². The van der Waals surface area contributed by atoms with Gasteiger partial charge >= 0.3 is 0 Å². The van der Waals surface area contributed by atoms with Gasteiger partial charge in [0.1, 0.15) is 0 Å². The Morgan fingerprint density at radius 2 is 1.87 bits per heavy atom. The van der Waals surface area contributed by atoms with Crippen LogP contribution >= 0.6 is 0 Å². The van der Waals surface area contributed by atoms with E-state index < -0.39 is 0 Å². The lowest BCUT2D eigenvalue weighted by molar-refractivity contribution is -0.0265. The molecule has 2 aliphatic rings. The van der Waals surface area contributed by atoms with E-state index >= 15 is 0 Å². The van der Waals surface area contributed by atoms with Crippen LogP contribution in [0.15, 0.2) is 29.3 Å². The predicted octanol–water partition coefficient (Wildman–Crippen LogP) is 3.37. The molecule has 6 heteroatoms. The fraction of sp³-hybridized carbons (Fsp3) is 0.720. The molecule has 1 aromatic rings. The molecule has 0 aromatic heterocycles. The summed E-state index contributed by atoms with van der Waals surface area (Å²) in [5.41, 5.74) is 2.57. The molecule has 0 spiro atoms. The molecule has 3 atom stereocenters. The highest BCUT2D eigenvalue weighted by atomic mass is 16.5. The number of benzene rings is 1. The molecule has 0 radical (unpaired) electrons. The van der Waals surface area contributed by atoms with Crippen LogP contribution in [0.4, 0.5) is 0 Å². The highest BCUT2D eigenvalue weighted by molar-refractivity contribution is 5.79. The molecular formula is C25H42N4O2. The first-order valence-electron chi connectivity index (χ1n) is 12.1. The molecule has 3 rings (SSSR count). The van der Waals surface area contributed by atoms with Crippen molar-refractivity contribution in [2.45, 2.75) is 52.7 Å². The summed E-state index contributed by atoms with van der Waals surface area (Å²) in [5.74, 6) is 1.91. The first kappa shape index (κ1) is 24.0. The fourth-order valence-electron chi connectivity index (χ4n) is 4.59. The summed E-state index contributed by atoms with van der Waals surface area (Å²) in [4.78, 5) is 7.51. The Morgan fingerprint density at radius 3 is 2.55 bits per heavy atom. The highest BCUT2D eigenvalue weighted by Crippen LogP contribution is 2.33. The average molecular weight is 431 g/mol. The van der Waals surface area contributed by atoms with Gasteiger partial charge in [-0.2, -0.15) is 0 Å². The molecule has 0 aliphatic carbocycles. The minimum Gasteiger partial charge on any atom is -0.379 e. The predicted molar refractivity (Wildman–Crippen MR) is 128 cm³/mol. The van der Waals surface area contributed by atoms with Crippen LogP contribution in [0.25, 0.3) is 0 Å². The van der Waals surface area contributed by atoms with Crippen molar-refractivity contribution in [2.24, 2.45) is 16.8 Å². The molecule has 0 amide bonds.